The fraction of sp³-hybridized carbons (Fsp3) is 0.417. The van der Waals surface area contributed by atoms with Gasteiger partial charge in [0.15, 0.2) is 0 Å². The van der Waals surface area contributed by atoms with Gasteiger partial charge in [-0.05, 0) is 18.1 Å². The van der Waals surface area contributed by atoms with Crippen LogP contribution in [0.3, 0.4) is 0 Å². The summed E-state index contributed by atoms with van der Waals surface area (Å²) in [5, 5.41) is 0.351. The van der Waals surface area contributed by atoms with E-state index in [2.05, 4.69) is 4.98 Å². The Morgan fingerprint density at radius 2 is 2.00 bits per heavy atom. The van der Waals surface area contributed by atoms with Gasteiger partial charge in [-0.3, -0.25) is 9.59 Å². The molecule has 7 heteroatoms. The average Bonchev–Trinajstić information content (AvgIpc) is 2.29. The van der Waals surface area contributed by atoms with E-state index in [0.29, 0.717) is 6.54 Å². The van der Waals surface area contributed by atoms with Crippen molar-refractivity contribution in [2.24, 2.45) is 11.7 Å². The van der Waals surface area contributed by atoms with E-state index in [-0.39, 0.29) is 28.3 Å². The van der Waals surface area contributed by atoms with Crippen LogP contribution in [0.5, 0.6) is 0 Å². The summed E-state index contributed by atoms with van der Waals surface area (Å²) in [7, 11) is 0. The molecule has 0 spiro atoms. The number of pyridine rings is 1. The van der Waals surface area contributed by atoms with E-state index in [1.807, 2.05) is 13.8 Å². The van der Waals surface area contributed by atoms with Gasteiger partial charge in [0.2, 0.25) is 5.91 Å². The van der Waals surface area contributed by atoms with Crippen molar-refractivity contribution in [1.29, 1.82) is 0 Å². The first-order chi connectivity index (χ1) is 8.81. The number of halogens is 2. The third kappa shape index (κ3) is 4.69. The zero-order valence-electron chi connectivity index (χ0n) is 10.7. The summed E-state index contributed by atoms with van der Waals surface area (Å²) in [6.45, 7) is 4.05. The number of nitrogens with zero attached hydrogens (tertiary/aromatic N) is 2. The van der Waals surface area contributed by atoms with Gasteiger partial charge < -0.3 is 10.6 Å². The minimum absolute atomic E-state index is 0.0241. The lowest BCUT2D eigenvalue weighted by Crippen LogP contribution is -2.41. The maximum Gasteiger partial charge on any atom is 0.274 e. The summed E-state index contributed by atoms with van der Waals surface area (Å²) in [6, 6.07) is 2.98. The number of carbonyl (C=O) groups is 2. The van der Waals surface area contributed by atoms with Crippen LogP contribution in [0.15, 0.2) is 12.1 Å². The molecule has 0 atom stereocenters. The average molecular weight is 304 g/mol. The molecular weight excluding hydrogens is 289 g/mol. The van der Waals surface area contributed by atoms with Gasteiger partial charge in [-0.15, -0.1) is 0 Å². The number of amides is 2. The standard InChI is InChI=1S/C12H15Cl2N3O2/c1-7(2)5-17(6-10(15)18)12(19)11-8(13)3-4-9(14)16-11/h3-4,7H,5-6H2,1-2H3,(H2,15,18). The second-order valence-electron chi connectivity index (χ2n) is 4.51. The minimum Gasteiger partial charge on any atom is -0.368 e. The molecule has 1 aromatic rings. The van der Waals surface area contributed by atoms with E-state index in [4.69, 9.17) is 28.9 Å². The summed E-state index contributed by atoms with van der Waals surface area (Å²) in [5.41, 5.74) is 5.16. The van der Waals surface area contributed by atoms with Crippen LogP contribution in [0, 0.1) is 5.92 Å². The van der Waals surface area contributed by atoms with Crippen molar-refractivity contribution in [2.75, 3.05) is 13.1 Å². The SMILES string of the molecule is CC(C)CN(CC(N)=O)C(=O)c1nc(Cl)ccc1Cl. The summed E-state index contributed by atoms with van der Waals surface area (Å²) < 4.78 is 0. The molecule has 0 aliphatic carbocycles. The van der Waals surface area contributed by atoms with Crippen molar-refractivity contribution in [3.8, 4) is 0 Å². The molecule has 0 saturated heterocycles. The molecule has 5 nitrogen and oxygen atoms in total. The lowest BCUT2D eigenvalue weighted by atomic mass is 10.2. The molecule has 0 aromatic carbocycles. The van der Waals surface area contributed by atoms with Crippen molar-refractivity contribution >= 4 is 35.0 Å². The number of hydrogen-bond donors (Lipinski definition) is 1. The highest BCUT2D eigenvalue weighted by atomic mass is 35.5. The molecule has 19 heavy (non-hydrogen) atoms. The molecule has 1 aromatic heterocycles. The highest BCUT2D eigenvalue weighted by Crippen LogP contribution is 2.19. The van der Waals surface area contributed by atoms with Gasteiger partial charge in [-0.25, -0.2) is 4.98 Å². The smallest absolute Gasteiger partial charge is 0.274 e. The number of aromatic nitrogens is 1. The Morgan fingerprint density at radius 3 is 2.53 bits per heavy atom. The predicted molar refractivity (Wildman–Crippen MR) is 74.2 cm³/mol. The molecule has 2 N–H and O–H groups in total. The molecule has 0 aliphatic rings. The van der Waals surface area contributed by atoms with Gasteiger partial charge in [-0.1, -0.05) is 37.0 Å². The highest BCUT2D eigenvalue weighted by molar-refractivity contribution is 6.34. The molecule has 1 rings (SSSR count). The van der Waals surface area contributed by atoms with Gasteiger partial charge in [-0.2, -0.15) is 0 Å². The van der Waals surface area contributed by atoms with Crippen molar-refractivity contribution in [3.63, 3.8) is 0 Å². The molecule has 104 valence electrons. The molecule has 0 bridgehead atoms. The number of hydrogen-bond acceptors (Lipinski definition) is 3. The van der Waals surface area contributed by atoms with E-state index in [1.54, 1.807) is 0 Å². The van der Waals surface area contributed by atoms with Crippen molar-refractivity contribution < 1.29 is 9.59 Å². The van der Waals surface area contributed by atoms with E-state index >= 15 is 0 Å². The first-order valence-corrected chi connectivity index (χ1v) is 6.46. The second-order valence-corrected chi connectivity index (χ2v) is 5.30. The molecule has 0 radical (unpaired) electrons. The van der Waals surface area contributed by atoms with Gasteiger partial charge in [0, 0.05) is 6.54 Å². The largest absolute Gasteiger partial charge is 0.368 e. The van der Waals surface area contributed by atoms with Crippen LogP contribution in [-0.4, -0.2) is 34.8 Å². The quantitative estimate of drug-likeness (QED) is 0.845. The lowest BCUT2D eigenvalue weighted by molar-refractivity contribution is -0.118. The van der Waals surface area contributed by atoms with Gasteiger partial charge in [0.1, 0.15) is 10.8 Å². The number of nitrogens with two attached hydrogens (primary N) is 1. The summed E-state index contributed by atoms with van der Waals surface area (Å²) in [4.78, 5) is 28.5. The Balaban J connectivity index is 3.03. The van der Waals surface area contributed by atoms with Crippen LogP contribution >= 0.6 is 23.2 Å². The second kappa shape index (κ2) is 6.73. The fourth-order valence-corrected chi connectivity index (χ4v) is 1.90. The Morgan fingerprint density at radius 1 is 1.37 bits per heavy atom. The maximum atomic E-state index is 12.3. The van der Waals surface area contributed by atoms with Crippen molar-refractivity contribution in [3.05, 3.63) is 28.0 Å². The molecule has 1 heterocycles. The Kier molecular flexibility index (Phi) is 5.57. The van der Waals surface area contributed by atoms with Crippen LogP contribution in [0.2, 0.25) is 10.2 Å². The normalized spacial score (nSPS) is 10.6. The lowest BCUT2D eigenvalue weighted by Gasteiger charge is -2.23. The molecule has 0 fully saturated rings. The van der Waals surface area contributed by atoms with Gasteiger partial charge >= 0.3 is 0 Å². The van der Waals surface area contributed by atoms with Crippen LogP contribution in [-0.2, 0) is 4.79 Å². The zero-order valence-corrected chi connectivity index (χ0v) is 12.2. The predicted octanol–water partition coefficient (Wildman–Crippen LogP) is 1.97. The van der Waals surface area contributed by atoms with E-state index in [0.717, 1.165) is 0 Å². The minimum atomic E-state index is -0.591. The fourth-order valence-electron chi connectivity index (χ4n) is 1.57. The summed E-state index contributed by atoms with van der Waals surface area (Å²) in [6.07, 6.45) is 0. The molecule has 0 unspecified atom stereocenters. The zero-order chi connectivity index (χ0) is 14.6. The van der Waals surface area contributed by atoms with Crippen LogP contribution in [0.25, 0.3) is 0 Å². The third-order valence-corrected chi connectivity index (χ3v) is 2.75. The van der Waals surface area contributed by atoms with E-state index in [1.165, 1.54) is 17.0 Å². The Hall–Kier alpha value is -1.33. The molecule has 0 aliphatic heterocycles. The monoisotopic (exact) mass is 303 g/mol. The first-order valence-electron chi connectivity index (χ1n) is 5.71. The van der Waals surface area contributed by atoms with Crippen molar-refractivity contribution in [2.45, 2.75) is 13.8 Å². The van der Waals surface area contributed by atoms with E-state index in [9.17, 15) is 9.59 Å². The number of rotatable bonds is 5. The van der Waals surface area contributed by atoms with Crippen LogP contribution in [0.4, 0.5) is 0 Å². The summed E-state index contributed by atoms with van der Waals surface area (Å²) >= 11 is 11.7. The molecule has 2 amide bonds. The Labute approximate surface area is 121 Å². The van der Waals surface area contributed by atoms with Crippen LogP contribution in [0.1, 0.15) is 24.3 Å². The highest BCUT2D eigenvalue weighted by Gasteiger charge is 2.22. The number of carbonyl (C=O) groups excluding carboxylic acids is 2. The molecular formula is C12H15Cl2N3O2. The summed E-state index contributed by atoms with van der Waals surface area (Å²) in [5.74, 6) is -0.867. The van der Waals surface area contributed by atoms with Crippen LogP contribution < -0.4 is 5.73 Å². The van der Waals surface area contributed by atoms with E-state index < -0.39 is 11.8 Å². The Bertz CT molecular complexity index is 492. The third-order valence-electron chi connectivity index (χ3n) is 2.23. The molecule has 0 saturated carbocycles. The first kappa shape index (κ1) is 15.7. The van der Waals surface area contributed by atoms with Crippen molar-refractivity contribution in [1.82, 2.24) is 9.88 Å². The van der Waals surface area contributed by atoms with Gasteiger partial charge in [0.05, 0.1) is 11.6 Å². The number of primary amides is 1. The topological polar surface area (TPSA) is 76.3 Å². The van der Waals surface area contributed by atoms with Gasteiger partial charge in [0.25, 0.3) is 5.91 Å². The maximum absolute atomic E-state index is 12.3.